The highest BCUT2D eigenvalue weighted by atomic mass is 16.1. The average Bonchev–Trinajstić information content (AvgIpc) is 2.28. The van der Waals surface area contributed by atoms with Crippen molar-refractivity contribution in [2.45, 2.75) is 38.6 Å². The fourth-order valence-corrected chi connectivity index (χ4v) is 2.28. The number of hydrogen-bond acceptors (Lipinski definition) is 3. The molecule has 0 saturated carbocycles. The van der Waals surface area contributed by atoms with Gasteiger partial charge in [0, 0.05) is 18.5 Å². The zero-order valence-corrected chi connectivity index (χ0v) is 11.5. The Morgan fingerprint density at radius 1 is 1.41 bits per heavy atom. The Labute approximate surface area is 105 Å². The van der Waals surface area contributed by atoms with Crippen molar-refractivity contribution in [3.8, 4) is 0 Å². The molecule has 1 amide bonds. The third kappa shape index (κ3) is 6.03. The number of unbranched alkanes of at least 4 members (excludes halogenated alkanes) is 1. The molecule has 2 N–H and O–H groups in total. The highest BCUT2D eigenvalue weighted by Crippen LogP contribution is 2.15. The molecule has 1 aliphatic heterocycles. The van der Waals surface area contributed by atoms with Gasteiger partial charge in [-0.15, -0.1) is 0 Å². The lowest BCUT2D eigenvalue weighted by Crippen LogP contribution is -2.42. The van der Waals surface area contributed by atoms with Crippen LogP contribution in [0, 0.1) is 5.92 Å². The quantitative estimate of drug-likeness (QED) is 0.677. The molecule has 0 aromatic heterocycles. The summed E-state index contributed by atoms with van der Waals surface area (Å²) in [7, 11) is 4.16. The summed E-state index contributed by atoms with van der Waals surface area (Å²) >= 11 is 0. The van der Waals surface area contributed by atoms with E-state index >= 15 is 0 Å². The van der Waals surface area contributed by atoms with E-state index in [0.29, 0.717) is 6.04 Å². The van der Waals surface area contributed by atoms with Crippen LogP contribution < -0.4 is 10.6 Å². The largest absolute Gasteiger partial charge is 0.356 e. The molecule has 1 rings (SSSR count). The van der Waals surface area contributed by atoms with Crippen LogP contribution in [0.4, 0.5) is 0 Å². The monoisotopic (exact) mass is 241 g/mol. The van der Waals surface area contributed by atoms with Crippen molar-refractivity contribution < 1.29 is 4.79 Å². The van der Waals surface area contributed by atoms with E-state index in [2.05, 4.69) is 36.6 Å². The first-order valence-corrected chi connectivity index (χ1v) is 6.75. The molecule has 4 heteroatoms. The van der Waals surface area contributed by atoms with Gasteiger partial charge in [0.05, 0.1) is 0 Å². The summed E-state index contributed by atoms with van der Waals surface area (Å²) in [5.41, 5.74) is 0. The van der Waals surface area contributed by atoms with E-state index < -0.39 is 0 Å². The summed E-state index contributed by atoms with van der Waals surface area (Å²) in [6.07, 6.45) is 4.18. The zero-order chi connectivity index (χ0) is 12.7. The standard InChI is InChI=1S/C13H27N3O/c1-11-10-12(6-8-14-11)13(17)15-7-4-5-9-16(2)3/h11-12,14H,4-10H2,1-3H3,(H,15,17). The third-order valence-electron chi connectivity index (χ3n) is 3.33. The summed E-state index contributed by atoms with van der Waals surface area (Å²) < 4.78 is 0. The van der Waals surface area contributed by atoms with Gasteiger partial charge in [0.15, 0.2) is 0 Å². The summed E-state index contributed by atoms with van der Waals surface area (Å²) in [5.74, 6) is 0.475. The minimum atomic E-state index is 0.222. The van der Waals surface area contributed by atoms with Crippen LogP contribution in [0.3, 0.4) is 0 Å². The molecule has 0 aromatic carbocycles. The van der Waals surface area contributed by atoms with E-state index in [1.165, 1.54) is 0 Å². The van der Waals surface area contributed by atoms with Gasteiger partial charge in [-0.05, 0) is 59.8 Å². The van der Waals surface area contributed by atoms with Crippen molar-refractivity contribution in [1.29, 1.82) is 0 Å². The second-order valence-corrected chi connectivity index (χ2v) is 5.38. The van der Waals surface area contributed by atoms with Gasteiger partial charge in [0.1, 0.15) is 0 Å². The van der Waals surface area contributed by atoms with Gasteiger partial charge in [0.25, 0.3) is 0 Å². The number of carbonyl (C=O) groups is 1. The van der Waals surface area contributed by atoms with Gasteiger partial charge in [-0.1, -0.05) is 0 Å². The lowest BCUT2D eigenvalue weighted by Gasteiger charge is -2.27. The summed E-state index contributed by atoms with van der Waals surface area (Å²) in [6.45, 7) is 5.04. The smallest absolute Gasteiger partial charge is 0.223 e. The van der Waals surface area contributed by atoms with Gasteiger partial charge in [0.2, 0.25) is 5.91 Å². The molecule has 0 radical (unpaired) electrons. The molecule has 0 spiro atoms. The predicted molar refractivity (Wildman–Crippen MR) is 71.0 cm³/mol. The summed E-state index contributed by atoms with van der Waals surface area (Å²) in [6, 6.07) is 0.480. The van der Waals surface area contributed by atoms with Crippen LogP contribution >= 0.6 is 0 Å². The van der Waals surface area contributed by atoms with Crippen molar-refractivity contribution >= 4 is 5.91 Å². The second-order valence-electron chi connectivity index (χ2n) is 5.38. The van der Waals surface area contributed by atoms with Crippen LogP contribution in [-0.4, -0.2) is 50.6 Å². The number of nitrogens with zero attached hydrogens (tertiary/aromatic N) is 1. The van der Waals surface area contributed by atoms with E-state index in [0.717, 1.165) is 45.3 Å². The van der Waals surface area contributed by atoms with Gasteiger partial charge in [-0.2, -0.15) is 0 Å². The molecule has 1 aliphatic rings. The predicted octanol–water partition coefficient (Wildman–Crippen LogP) is 0.833. The Balaban J connectivity index is 2.08. The molecule has 4 nitrogen and oxygen atoms in total. The molecule has 0 aliphatic carbocycles. The molecule has 0 aromatic rings. The van der Waals surface area contributed by atoms with Crippen LogP contribution in [0.2, 0.25) is 0 Å². The van der Waals surface area contributed by atoms with Crippen LogP contribution in [0.25, 0.3) is 0 Å². The molecule has 1 heterocycles. The number of rotatable bonds is 6. The Hall–Kier alpha value is -0.610. The molecule has 1 fully saturated rings. The normalized spacial score (nSPS) is 24.9. The topological polar surface area (TPSA) is 44.4 Å². The summed E-state index contributed by atoms with van der Waals surface area (Å²) in [5, 5.41) is 6.43. The number of carbonyl (C=O) groups excluding carboxylic acids is 1. The Kier molecular flexibility index (Phi) is 6.52. The molecule has 100 valence electrons. The molecule has 1 saturated heterocycles. The molecule has 0 bridgehead atoms. The van der Waals surface area contributed by atoms with Crippen LogP contribution in [0.1, 0.15) is 32.6 Å². The molecule has 2 unspecified atom stereocenters. The van der Waals surface area contributed by atoms with Gasteiger partial charge in [-0.3, -0.25) is 4.79 Å². The first-order valence-electron chi connectivity index (χ1n) is 6.75. The van der Waals surface area contributed by atoms with Gasteiger partial charge < -0.3 is 15.5 Å². The highest BCUT2D eigenvalue weighted by Gasteiger charge is 2.23. The van der Waals surface area contributed by atoms with E-state index in [-0.39, 0.29) is 11.8 Å². The molecular formula is C13H27N3O. The zero-order valence-electron chi connectivity index (χ0n) is 11.5. The van der Waals surface area contributed by atoms with E-state index in [1.807, 2.05) is 0 Å². The first-order chi connectivity index (χ1) is 8.09. The maximum Gasteiger partial charge on any atom is 0.223 e. The van der Waals surface area contributed by atoms with Crippen molar-refractivity contribution in [2.24, 2.45) is 5.92 Å². The van der Waals surface area contributed by atoms with E-state index in [9.17, 15) is 4.79 Å². The highest BCUT2D eigenvalue weighted by molar-refractivity contribution is 5.78. The Bertz CT molecular complexity index is 231. The lowest BCUT2D eigenvalue weighted by atomic mass is 9.92. The molecule has 17 heavy (non-hydrogen) atoms. The molecule has 2 atom stereocenters. The van der Waals surface area contributed by atoms with Crippen LogP contribution in [0.15, 0.2) is 0 Å². The second kappa shape index (κ2) is 7.67. The number of amides is 1. The van der Waals surface area contributed by atoms with Crippen LogP contribution in [0.5, 0.6) is 0 Å². The maximum atomic E-state index is 11.9. The van der Waals surface area contributed by atoms with E-state index in [1.54, 1.807) is 0 Å². The third-order valence-corrected chi connectivity index (χ3v) is 3.33. The minimum Gasteiger partial charge on any atom is -0.356 e. The lowest BCUT2D eigenvalue weighted by molar-refractivity contribution is -0.126. The van der Waals surface area contributed by atoms with Crippen molar-refractivity contribution in [3.63, 3.8) is 0 Å². The fourth-order valence-electron chi connectivity index (χ4n) is 2.28. The summed E-state index contributed by atoms with van der Waals surface area (Å²) in [4.78, 5) is 14.1. The van der Waals surface area contributed by atoms with Crippen LogP contribution in [-0.2, 0) is 4.79 Å². The van der Waals surface area contributed by atoms with Crippen molar-refractivity contribution in [3.05, 3.63) is 0 Å². The number of piperidine rings is 1. The SMILES string of the molecule is CC1CC(C(=O)NCCCCN(C)C)CCN1. The number of nitrogens with one attached hydrogen (secondary N) is 2. The Morgan fingerprint density at radius 2 is 2.18 bits per heavy atom. The minimum absolute atomic E-state index is 0.222. The van der Waals surface area contributed by atoms with Gasteiger partial charge in [-0.25, -0.2) is 0 Å². The first kappa shape index (κ1) is 14.5. The fraction of sp³-hybridized carbons (Fsp3) is 0.923. The maximum absolute atomic E-state index is 11.9. The van der Waals surface area contributed by atoms with Gasteiger partial charge >= 0.3 is 0 Å². The number of hydrogen-bond donors (Lipinski definition) is 2. The molecular weight excluding hydrogens is 214 g/mol. The van der Waals surface area contributed by atoms with Crippen molar-refractivity contribution in [1.82, 2.24) is 15.5 Å². The van der Waals surface area contributed by atoms with E-state index in [4.69, 9.17) is 0 Å². The van der Waals surface area contributed by atoms with Crippen molar-refractivity contribution in [2.75, 3.05) is 33.7 Å². The Morgan fingerprint density at radius 3 is 2.82 bits per heavy atom. The average molecular weight is 241 g/mol.